The first-order valence-corrected chi connectivity index (χ1v) is 9.76. The van der Waals surface area contributed by atoms with Crippen LogP contribution in [-0.2, 0) is 22.4 Å². The van der Waals surface area contributed by atoms with Crippen LogP contribution in [0.1, 0.15) is 48.2 Å². The van der Waals surface area contributed by atoms with E-state index in [9.17, 15) is 9.59 Å². The Balaban J connectivity index is 1.99. The first-order chi connectivity index (χ1) is 13.6. The zero-order chi connectivity index (χ0) is 20.1. The fraction of sp³-hybridized carbons (Fsp3) is 0.348. The highest BCUT2D eigenvalue weighted by Crippen LogP contribution is 2.29. The molecule has 3 rings (SSSR count). The second-order valence-corrected chi connectivity index (χ2v) is 6.98. The molecule has 0 fully saturated rings. The molecule has 1 aliphatic rings. The monoisotopic (exact) mass is 378 g/mol. The molecular formula is C23H26N2O3. The van der Waals surface area contributed by atoms with Crippen LogP contribution in [0.25, 0.3) is 0 Å². The van der Waals surface area contributed by atoms with Crippen molar-refractivity contribution < 1.29 is 14.3 Å². The number of anilines is 1. The molecule has 5 heteroatoms. The molecule has 0 saturated heterocycles. The van der Waals surface area contributed by atoms with E-state index >= 15 is 0 Å². The molecule has 0 amide bonds. The predicted octanol–water partition coefficient (Wildman–Crippen LogP) is 4.51. The number of ether oxygens (including phenoxy) is 1. The van der Waals surface area contributed by atoms with Crippen LogP contribution < -0.4 is 5.32 Å². The predicted molar refractivity (Wildman–Crippen MR) is 112 cm³/mol. The average molecular weight is 378 g/mol. The quantitative estimate of drug-likeness (QED) is 0.720. The van der Waals surface area contributed by atoms with Gasteiger partial charge < -0.3 is 10.1 Å². The normalized spacial score (nSPS) is 15.6. The summed E-state index contributed by atoms with van der Waals surface area (Å²) in [7, 11) is 1.30. The van der Waals surface area contributed by atoms with Gasteiger partial charge in [-0.1, -0.05) is 44.9 Å². The van der Waals surface area contributed by atoms with Crippen LogP contribution in [-0.4, -0.2) is 30.6 Å². The summed E-state index contributed by atoms with van der Waals surface area (Å²) in [5.74, 6) is -0.761. The Kier molecular flexibility index (Phi) is 6.24. The van der Waals surface area contributed by atoms with Gasteiger partial charge in [0, 0.05) is 11.3 Å². The van der Waals surface area contributed by atoms with Crippen molar-refractivity contribution in [3.63, 3.8) is 0 Å². The van der Waals surface area contributed by atoms with Gasteiger partial charge >= 0.3 is 5.97 Å². The zero-order valence-corrected chi connectivity index (χ0v) is 16.6. The SMILES string of the molecule is CCCc1cccc(NC2C(=O)c3cc(CCC)ccc3N=C2C(=O)OC)c1. The van der Waals surface area contributed by atoms with Crippen molar-refractivity contribution in [2.45, 2.75) is 45.6 Å². The summed E-state index contributed by atoms with van der Waals surface area (Å²) in [5, 5.41) is 3.21. The Morgan fingerprint density at radius 1 is 1.07 bits per heavy atom. The van der Waals surface area contributed by atoms with Gasteiger partial charge in [0.05, 0.1) is 12.8 Å². The minimum atomic E-state index is -0.867. The minimum Gasteiger partial charge on any atom is -0.464 e. The number of carbonyl (C=O) groups is 2. The van der Waals surface area contributed by atoms with Crippen molar-refractivity contribution >= 4 is 28.8 Å². The highest BCUT2D eigenvalue weighted by molar-refractivity contribution is 6.46. The third-order valence-corrected chi connectivity index (χ3v) is 4.81. The van der Waals surface area contributed by atoms with Crippen LogP contribution in [0.3, 0.4) is 0 Å². The Hall–Kier alpha value is -2.95. The largest absolute Gasteiger partial charge is 0.464 e. The molecule has 1 N–H and O–H groups in total. The molecule has 0 bridgehead atoms. The number of fused-ring (bicyclic) bond motifs is 1. The van der Waals surface area contributed by atoms with Crippen molar-refractivity contribution in [1.82, 2.24) is 0 Å². The summed E-state index contributed by atoms with van der Waals surface area (Å²) in [5.41, 5.74) is 4.20. The van der Waals surface area contributed by atoms with Gasteiger partial charge in [-0.15, -0.1) is 0 Å². The molecule has 1 heterocycles. The topological polar surface area (TPSA) is 67.8 Å². The number of carbonyl (C=O) groups excluding carboxylic acids is 2. The lowest BCUT2D eigenvalue weighted by molar-refractivity contribution is -0.132. The maximum Gasteiger partial charge on any atom is 0.355 e. The number of esters is 1. The van der Waals surface area contributed by atoms with Crippen LogP contribution in [0.5, 0.6) is 0 Å². The van der Waals surface area contributed by atoms with E-state index in [0.717, 1.165) is 36.9 Å². The number of nitrogens with zero attached hydrogens (tertiary/aromatic N) is 1. The minimum absolute atomic E-state index is 0.0872. The number of hydrogen-bond acceptors (Lipinski definition) is 5. The number of methoxy groups -OCH3 is 1. The molecule has 28 heavy (non-hydrogen) atoms. The summed E-state index contributed by atoms with van der Waals surface area (Å²) in [6.45, 7) is 4.22. The Bertz CT molecular complexity index is 918. The van der Waals surface area contributed by atoms with Gasteiger partial charge in [-0.25, -0.2) is 9.79 Å². The molecule has 5 nitrogen and oxygen atoms in total. The third-order valence-electron chi connectivity index (χ3n) is 4.81. The first kappa shape index (κ1) is 19.8. The van der Waals surface area contributed by atoms with Crippen molar-refractivity contribution in [2.75, 3.05) is 12.4 Å². The molecule has 2 aromatic carbocycles. The summed E-state index contributed by atoms with van der Waals surface area (Å²) in [6.07, 6.45) is 3.88. The highest BCUT2D eigenvalue weighted by Gasteiger charge is 2.36. The number of aryl methyl sites for hydroxylation is 2. The molecule has 0 aromatic heterocycles. The smallest absolute Gasteiger partial charge is 0.355 e. The molecule has 1 atom stereocenters. The second-order valence-electron chi connectivity index (χ2n) is 6.98. The van der Waals surface area contributed by atoms with Crippen molar-refractivity contribution in [3.05, 3.63) is 59.2 Å². The molecule has 0 aliphatic carbocycles. The van der Waals surface area contributed by atoms with E-state index in [-0.39, 0.29) is 11.5 Å². The Labute approximate surface area is 165 Å². The van der Waals surface area contributed by atoms with E-state index in [1.807, 2.05) is 30.3 Å². The van der Waals surface area contributed by atoms with Gasteiger partial charge in [-0.05, 0) is 48.2 Å². The van der Waals surface area contributed by atoms with Gasteiger partial charge in [0.2, 0.25) is 0 Å². The zero-order valence-electron chi connectivity index (χ0n) is 16.6. The molecule has 0 saturated carbocycles. The van der Waals surface area contributed by atoms with E-state index < -0.39 is 12.0 Å². The molecule has 0 radical (unpaired) electrons. The van der Waals surface area contributed by atoms with Crippen LogP contribution in [0.2, 0.25) is 0 Å². The highest BCUT2D eigenvalue weighted by atomic mass is 16.5. The molecule has 0 spiro atoms. The lowest BCUT2D eigenvalue weighted by atomic mass is 9.92. The molecule has 1 aliphatic heterocycles. The summed E-state index contributed by atoms with van der Waals surface area (Å²) < 4.78 is 4.88. The van der Waals surface area contributed by atoms with Crippen LogP contribution in [0, 0.1) is 0 Å². The molecular weight excluding hydrogens is 352 g/mol. The lowest BCUT2D eigenvalue weighted by Crippen LogP contribution is -2.44. The van der Waals surface area contributed by atoms with E-state index in [2.05, 4.69) is 30.2 Å². The van der Waals surface area contributed by atoms with Crippen LogP contribution in [0.4, 0.5) is 11.4 Å². The fourth-order valence-electron chi connectivity index (χ4n) is 3.47. The summed E-state index contributed by atoms with van der Waals surface area (Å²) in [6, 6.07) is 12.7. The van der Waals surface area contributed by atoms with E-state index in [1.165, 1.54) is 12.7 Å². The maximum atomic E-state index is 13.3. The average Bonchev–Trinajstić information content (AvgIpc) is 2.70. The molecule has 146 valence electrons. The van der Waals surface area contributed by atoms with Crippen LogP contribution in [0.15, 0.2) is 47.5 Å². The van der Waals surface area contributed by atoms with Crippen molar-refractivity contribution in [1.29, 1.82) is 0 Å². The molecule has 2 aromatic rings. The second kappa shape index (κ2) is 8.83. The van der Waals surface area contributed by atoms with E-state index in [4.69, 9.17) is 4.74 Å². The maximum absolute atomic E-state index is 13.3. The van der Waals surface area contributed by atoms with Gasteiger partial charge in [-0.2, -0.15) is 0 Å². The Morgan fingerprint density at radius 2 is 1.79 bits per heavy atom. The lowest BCUT2D eigenvalue weighted by Gasteiger charge is -2.24. The third kappa shape index (κ3) is 4.14. The van der Waals surface area contributed by atoms with E-state index in [1.54, 1.807) is 6.07 Å². The number of ketones is 1. The number of rotatable bonds is 7. The van der Waals surface area contributed by atoms with Gasteiger partial charge in [0.25, 0.3) is 0 Å². The van der Waals surface area contributed by atoms with Gasteiger partial charge in [-0.3, -0.25) is 4.79 Å². The number of Topliss-reactive ketones (excluding diaryl/α,β-unsaturated/α-hetero) is 1. The number of aliphatic imine (C=N–C) groups is 1. The number of benzene rings is 2. The number of hydrogen-bond donors (Lipinski definition) is 1. The summed E-state index contributed by atoms with van der Waals surface area (Å²) >= 11 is 0. The van der Waals surface area contributed by atoms with Gasteiger partial charge in [0.15, 0.2) is 11.5 Å². The van der Waals surface area contributed by atoms with Gasteiger partial charge in [0.1, 0.15) is 6.04 Å². The fourth-order valence-corrected chi connectivity index (χ4v) is 3.47. The number of nitrogens with one attached hydrogen (secondary N) is 1. The summed E-state index contributed by atoms with van der Waals surface area (Å²) in [4.78, 5) is 30.0. The first-order valence-electron chi connectivity index (χ1n) is 9.76. The van der Waals surface area contributed by atoms with E-state index in [0.29, 0.717) is 11.3 Å². The standard InChI is InChI=1S/C23H26N2O3/c1-4-7-15-9-6-10-17(13-15)24-20-21(23(27)28-3)25-19-12-11-16(8-5-2)14-18(19)22(20)26/h6,9-14,20,24H,4-5,7-8H2,1-3H3. The van der Waals surface area contributed by atoms with Crippen molar-refractivity contribution in [3.8, 4) is 0 Å². The molecule has 1 unspecified atom stereocenters. The Morgan fingerprint density at radius 3 is 2.46 bits per heavy atom. The van der Waals surface area contributed by atoms with Crippen LogP contribution >= 0.6 is 0 Å². The van der Waals surface area contributed by atoms with Crippen molar-refractivity contribution in [2.24, 2.45) is 4.99 Å².